The summed E-state index contributed by atoms with van der Waals surface area (Å²) in [7, 11) is 0. The van der Waals surface area contributed by atoms with Gasteiger partial charge in [-0.25, -0.2) is 0 Å². The Kier molecular flexibility index (Phi) is 4.72. The maximum Gasteiger partial charge on any atom is 0.255 e. The first kappa shape index (κ1) is 18.0. The Hall–Kier alpha value is -3.37. The minimum Gasteiger partial charge on any atom is -0.507 e. The Morgan fingerprint density at radius 2 is 1.68 bits per heavy atom. The molecular formula is C23H16ClNO3. The Labute approximate surface area is 166 Å². The van der Waals surface area contributed by atoms with Crippen molar-refractivity contribution in [2.75, 3.05) is 0 Å². The minimum absolute atomic E-state index is 0.0739. The number of ketones is 1. The number of fused-ring (bicyclic) bond motifs is 1. The molecule has 0 aliphatic carbocycles. The van der Waals surface area contributed by atoms with Gasteiger partial charge < -0.3 is 10.1 Å². The van der Waals surface area contributed by atoms with Crippen LogP contribution in [0.5, 0.6) is 5.75 Å². The highest BCUT2D eigenvalue weighted by Crippen LogP contribution is 2.28. The summed E-state index contributed by atoms with van der Waals surface area (Å²) in [5.74, 6) is -0.163. The zero-order valence-electron chi connectivity index (χ0n) is 14.8. The molecule has 0 saturated heterocycles. The van der Waals surface area contributed by atoms with E-state index in [0.717, 1.165) is 5.56 Å². The number of rotatable bonds is 4. The number of H-pyrrole nitrogens is 1. The Balaban J connectivity index is 1.71. The first-order valence-corrected chi connectivity index (χ1v) is 9.13. The van der Waals surface area contributed by atoms with Crippen LogP contribution in [0, 0.1) is 0 Å². The van der Waals surface area contributed by atoms with Crippen LogP contribution in [0.15, 0.2) is 77.6 Å². The van der Waals surface area contributed by atoms with Gasteiger partial charge in [-0.05, 0) is 29.8 Å². The van der Waals surface area contributed by atoms with Gasteiger partial charge in [0.15, 0.2) is 5.78 Å². The summed E-state index contributed by atoms with van der Waals surface area (Å²) in [6.07, 6.45) is 0.204. The Morgan fingerprint density at radius 1 is 0.929 bits per heavy atom. The van der Waals surface area contributed by atoms with Crippen LogP contribution in [0.1, 0.15) is 27.0 Å². The number of benzene rings is 3. The highest BCUT2D eigenvalue weighted by molar-refractivity contribution is 6.31. The quantitative estimate of drug-likeness (QED) is 0.496. The normalized spacial score (nSPS) is 10.9. The number of pyridine rings is 1. The van der Waals surface area contributed by atoms with Gasteiger partial charge in [-0.15, -0.1) is 0 Å². The summed E-state index contributed by atoms with van der Waals surface area (Å²) in [4.78, 5) is 27.9. The van der Waals surface area contributed by atoms with Gasteiger partial charge in [-0.2, -0.15) is 0 Å². The number of carbonyl (C=O) groups excluding carboxylic acids is 1. The molecule has 4 aromatic rings. The molecule has 3 aromatic carbocycles. The van der Waals surface area contributed by atoms with E-state index in [4.69, 9.17) is 11.6 Å². The molecule has 138 valence electrons. The molecule has 0 bridgehead atoms. The summed E-state index contributed by atoms with van der Waals surface area (Å²) in [5, 5.41) is 11.6. The highest BCUT2D eigenvalue weighted by atomic mass is 35.5. The number of aromatic nitrogens is 1. The average molecular weight is 390 g/mol. The molecule has 0 atom stereocenters. The molecule has 0 amide bonds. The van der Waals surface area contributed by atoms with Crippen LogP contribution in [-0.2, 0) is 6.42 Å². The van der Waals surface area contributed by atoms with E-state index in [0.29, 0.717) is 27.1 Å². The third-order valence-electron chi connectivity index (χ3n) is 4.65. The van der Waals surface area contributed by atoms with E-state index < -0.39 is 0 Å². The SMILES string of the molecule is O=C(c1ccccc1)c1cccc(Cc2c(O)c3ccc(Cl)cc3[nH]c2=O)c1. The van der Waals surface area contributed by atoms with Crippen LogP contribution in [0.4, 0.5) is 0 Å². The van der Waals surface area contributed by atoms with Gasteiger partial charge in [0, 0.05) is 28.0 Å². The van der Waals surface area contributed by atoms with E-state index in [2.05, 4.69) is 4.98 Å². The van der Waals surface area contributed by atoms with Crippen molar-refractivity contribution >= 4 is 28.3 Å². The van der Waals surface area contributed by atoms with Crippen molar-refractivity contribution in [1.82, 2.24) is 4.98 Å². The Bertz CT molecular complexity index is 1250. The van der Waals surface area contributed by atoms with Crippen molar-refractivity contribution in [3.63, 3.8) is 0 Å². The summed E-state index contributed by atoms with van der Waals surface area (Å²) in [5.41, 5.74) is 2.24. The molecular weight excluding hydrogens is 374 g/mol. The van der Waals surface area contributed by atoms with Crippen molar-refractivity contribution in [1.29, 1.82) is 0 Å². The van der Waals surface area contributed by atoms with E-state index in [1.807, 2.05) is 24.3 Å². The van der Waals surface area contributed by atoms with Gasteiger partial charge in [0.2, 0.25) is 0 Å². The lowest BCUT2D eigenvalue weighted by Gasteiger charge is -2.09. The number of nitrogens with one attached hydrogen (secondary N) is 1. The monoisotopic (exact) mass is 389 g/mol. The van der Waals surface area contributed by atoms with Crippen molar-refractivity contribution in [2.24, 2.45) is 0 Å². The van der Waals surface area contributed by atoms with Crippen LogP contribution < -0.4 is 5.56 Å². The predicted octanol–water partition coefficient (Wildman–Crippen LogP) is 4.71. The van der Waals surface area contributed by atoms with Gasteiger partial charge in [0.05, 0.1) is 11.1 Å². The largest absolute Gasteiger partial charge is 0.507 e. The maximum absolute atomic E-state index is 12.7. The van der Waals surface area contributed by atoms with Gasteiger partial charge in [-0.3, -0.25) is 9.59 Å². The molecule has 0 aliphatic heterocycles. The number of aromatic hydroxyl groups is 1. The van der Waals surface area contributed by atoms with E-state index in [9.17, 15) is 14.7 Å². The number of halogens is 1. The smallest absolute Gasteiger partial charge is 0.255 e. The van der Waals surface area contributed by atoms with Gasteiger partial charge >= 0.3 is 0 Å². The molecule has 28 heavy (non-hydrogen) atoms. The number of carbonyl (C=O) groups is 1. The standard InChI is InChI=1S/C23H16ClNO3/c24-17-9-10-18-20(13-17)25-23(28)19(22(18)27)12-14-5-4-8-16(11-14)21(26)15-6-2-1-3-7-15/h1-11,13H,12H2,(H2,25,27,28). The molecule has 4 nitrogen and oxygen atoms in total. The molecule has 0 radical (unpaired) electrons. The maximum atomic E-state index is 12.7. The number of hydrogen-bond acceptors (Lipinski definition) is 3. The first-order valence-electron chi connectivity index (χ1n) is 8.75. The second kappa shape index (κ2) is 7.33. The summed E-state index contributed by atoms with van der Waals surface area (Å²) in [6, 6.07) is 21.0. The molecule has 4 rings (SSSR count). The van der Waals surface area contributed by atoms with Crippen LogP contribution in [0.25, 0.3) is 10.9 Å². The second-order valence-corrected chi connectivity index (χ2v) is 6.98. The molecule has 1 heterocycles. The molecule has 0 saturated carbocycles. The van der Waals surface area contributed by atoms with Crippen molar-refractivity contribution in [2.45, 2.75) is 6.42 Å². The van der Waals surface area contributed by atoms with Crippen LogP contribution in [-0.4, -0.2) is 15.9 Å². The molecule has 0 fully saturated rings. The molecule has 0 unspecified atom stereocenters. The zero-order valence-corrected chi connectivity index (χ0v) is 15.5. The van der Waals surface area contributed by atoms with Crippen molar-refractivity contribution < 1.29 is 9.90 Å². The Morgan fingerprint density at radius 3 is 2.46 bits per heavy atom. The van der Waals surface area contributed by atoms with Crippen LogP contribution in [0.3, 0.4) is 0 Å². The number of aromatic amines is 1. The molecule has 1 aromatic heterocycles. The van der Waals surface area contributed by atoms with E-state index in [1.54, 1.807) is 48.5 Å². The summed E-state index contributed by atoms with van der Waals surface area (Å²) < 4.78 is 0. The predicted molar refractivity (Wildman–Crippen MR) is 110 cm³/mol. The molecule has 2 N–H and O–H groups in total. The summed E-state index contributed by atoms with van der Waals surface area (Å²) >= 11 is 5.95. The van der Waals surface area contributed by atoms with Gasteiger partial charge in [-0.1, -0.05) is 60.1 Å². The lowest BCUT2D eigenvalue weighted by molar-refractivity contribution is 0.103. The van der Waals surface area contributed by atoms with E-state index in [1.165, 1.54) is 0 Å². The third kappa shape index (κ3) is 3.42. The highest BCUT2D eigenvalue weighted by Gasteiger charge is 2.14. The summed E-state index contributed by atoms with van der Waals surface area (Å²) in [6.45, 7) is 0. The zero-order chi connectivity index (χ0) is 19.7. The molecule has 0 spiro atoms. The fourth-order valence-electron chi connectivity index (χ4n) is 3.24. The second-order valence-electron chi connectivity index (χ2n) is 6.54. The third-order valence-corrected chi connectivity index (χ3v) is 4.89. The minimum atomic E-state index is -0.382. The van der Waals surface area contributed by atoms with E-state index in [-0.39, 0.29) is 29.1 Å². The average Bonchev–Trinajstić information content (AvgIpc) is 2.71. The fourth-order valence-corrected chi connectivity index (χ4v) is 3.41. The molecule has 5 heteroatoms. The number of hydrogen-bond donors (Lipinski definition) is 2. The van der Waals surface area contributed by atoms with Gasteiger partial charge in [0.1, 0.15) is 5.75 Å². The van der Waals surface area contributed by atoms with E-state index >= 15 is 0 Å². The topological polar surface area (TPSA) is 70.2 Å². The molecule has 0 aliphatic rings. The van der Waals surface area contributed by atoms with Gasteiger partial charge in [0.25, 0.3) is 5.56 Å². The lowest BCUT2D eigenvalue weighted by Crippen LogP contribution is -2.13. The lowest BCUT2D eigenvalue weighted by atomic mass is 9.98. The fraction of sp³-hybridized carbons (Fsp3) is 0.0435. The van der Waals surface area contributed by atoms with Crippen molar-refractivity contribution in [3.8, 4) is 5.75 Å². The van der Waals surface area contributed by atoms with Crippen LogP contribution >= 0.6 is 11.6 Å². The van der Waals surface area contributed by atoms with Crippen LogP contribution in [0.2, 0.25) is 5.02 Å². The van der Waals surface area contributed by atoms with Crippen molar-refractivity contribution in [3.05, 3.63) is 110 Å². The first-order chi connectivity index (χ1) is 13.5.